The minimum Gasteiger partial charge on any atom is -0.458 e. The van der Waals surface area contributed by atoms with Crippen LogP contribution in [0.25, 0.3) is 0 Å². The predicted molar refractivity (Wildman–Crippen MR) is 111 cm³/mol. The third-order valence-corrected chi connectivity index (χ3v) is 8.80. The van der Waals surface area contributed by atoms with Crippen LogP contribution >= 0.6 is 0 Å². The molecule has 0 aliphatic heterocycles. The van der Waals surface area contributed by atoms with Gasteiger partial charge < -0.3 is 4.74 Å². The molecule has 29 heavy (non-hydrogen) atoms. The van der Waals surface area contributed by atoms with Gasteiger partial charge in [0.1, 0.15) is 6.61 Å². The van der Waals surface area contributed by atoms with E-state index in [0.717, 1.165) is 38.5 Å². The maximum absolute atomic E-state index is 13.1. The summed E-state index contributed by atoms with van der Waals surface area (Å²) >= 11 is 0. The predicted octanol–water partition coefficient (Wildman–Crippen LogP) is 4.82. The fourth-order valence-electron chi connectivity index (χ4n) is 7.34. The molecule has 0 amide bonds. The number of carbonyl (C=O) groups excluding carboxylic acids is 3. The Labute approximate surface area is 174 Å². The minimum absolute atomic E-state index is 0.0275. The zero-order valence-corrected chi connectivity index (χ0v) is 18.3. The SMILES string of the molecule is CC[C@@H]1CC2C3CCC4=CC(=O)CC[C@]4(C)C3=CC[C@]2(C)[C@H]1C(=O)COC(C)=O. The zero-order chi connectivity index (χ0) is 21.0. The highest BCUT2D eigenvalue weighted by Gasteiger charge is 2.60. The quantitative estimate of drug-likeness (QED) is 0.503. The van der Waals surface area contributed by atoms with Gasteiger partial charge in [-0.2, -0.15) is 0 Å². The summed E-state index contributed by atoms with van der Waals surface area (Å²) in [6.07, 6.45) is 11.0. The molecule has 0 bridgehead atoms. The molecule has 0 aromatic heterocycles. The van der Waals surface area contributed by atoms with Crippen molar-refractivity contribution in [3.63, 3.8) is 0 Å². The van der Waals surface area contributed by atoms with Gasteiger partial charge in [0.05, 0.1) is 0 Å². The molecule has 158 valence electrons. The van der Waals surface area contributed by atoms with Crippen LogP contribution in [0.5, 0.6) is 0 Å². The Bertz CT molecular complexity index is 806. The molecule has 4 rings (SSSR count). The lowest BCUT2D eigenvalue weighted by molar-refractivity contribution is -0.148. The van der Waals surface area contributed by atoms with Crippen LogP contribution in [0.3, 0.4) is 0 Å². The van der Waals surface area contributed by atoms with Gasteiger partial charge in [0.2, 0.25) is 0 Å². The van der Waals surface area contributed by atoms with Crippen molar-refractivity contribution in [3.8, 4) is 0 Å². The molecule has 0 aromatic carbocycles. The number of carbonyl (C=O) groups is 3. The average molecular weight is 399 g/mol. The first-order valence-corrected chi connectivity index (χ1v) is 11.3. The average Bonchev–Trinajstić information content (AvgIpc) is 2.99. The maximum Gasteiger partial charge on any atom is 0.303 e. The number of hydrogen-bond acceptors (Lipinski definition) is 4. The summed E-state index contributed by atoms with van der Waals surface area (Å²) in [5.41, 5.74) is 2.83. The van der Waals surface area contributed by atoms with Gasteiger partial charge in [-0.05, 0) is 61.3 Å². The Hall–Kier alpha value is -1.71. The molecule has 2 saturated carbocycles. The van der Waals surface area contributed by atoms with Crippen LogP contribution in [-0.2, 0) is 19.1 Å². The number of hydrogen-bond donors (Lipinski definition) is 0. The molecule has 0 spiro atoms. The van der Waals surface area contributed by atoms with Crippen molar-refractivity contribution in [1.29, 1.82) is 0 Å². The molecule has 2 fully saturated rings. The van der Waals surface area contributed by atoms with Gasteiger partial charge in [0, 0.05) is 24.7 Å². The topological polar surface area (TPSA) is 60.4 Å². The van der Waals surface area contributed by atoms with Gasteiger partial charge in [-0.1, -0.05) is 44.4 Å². The van der Waals surface area contributed by atoms with Gasteiger partial charge in [-0.15, -0.1) is 0 Å². The van der Waals surface area contributed by atoms with Crippen LogP contribution in [-0.4, -0.2) is 24.1 Å². The van der Waals surface area contributed by atoms with Gasteiger partial charge >= 0.3 is 5.97 Å². The van der Waals surface area contributed by atoms with E-state index in [9.17, 15) is 14.4 Å². The Morgan fingerprint density at radius 1 is 1.24 bits per heavy atom. The van der Waals surface area contributed by atoms with Crippen LogP contribution in [0.15, 0.2) is 23.3 Å². The Kier molecular flexibility index (Phi) is 5.11. The van der Waals surface area contributed by atoms with Gasteiger partial charge in [0.25, 0.3) is 0 Å². The van der Waals surface area contributed by atoms with E-state index < -0.39 is 0 Å². The van der Waals surface area contributed by atoms with Crippen LogP contribution in [0.2, 0.25) is 0 Å². The molecule has 0 aromatic rings. The molecule has 4 aliphatic carbocycles. The number of Topliss-reactive ketones (excluding diaryl/α,β-unsaturated/α-hetero) is 1. The molecule has 0 radical (unpaired) electrons. The molecule has 0 heterocycles. The van der Waals surface area contributed by atoms with Crippen molar-refractivity contribution in [2.24, 2.45) is 34.5 Å². The summed E-state index contributed by atoms with van der Waals surface area (Å²) in [5, 5.41) is 0. The maximum atomic E-state index is 13.1. The number of ether oxygens (including phenoxy) is 1. The van der Waals surface area contributed by atoms with E-state index in [1.165, 1.54) is 18.1 Å². The first-order valence-electron chi connectivity index (χ1n) is 11.3. The van der Waals surface area contributed by atoms with Crippen LogP contribution in [0, 0.1) is 34.5 Å². The Morgan fingerprint density at radius 2 is 2.00 bits per heavy atom. The summed E-state index contributed by atoms with van der Waals surface area (Å²) < 4.78 is 5.09. The van der Waals surface area contributed by atoms with Crippen molar-refractivity contribution < 1.29 is 19.1 Å². The van der Waals surface area contributed by atoms with Crippen molar-refractivity contribution in [1.82, 2.24) is 0 Å². The van der Waals surface area contributed by atoms with Gasteiger partial charge in [-0.25, -0.2) is 0 Å². The van der Waals surface area contributed by atoms with Crippen molar-refractivity contribution in [2.45, 2.75) is 72.6 Å². The summed E-state index contributed by atoms with van der Waals surface area (Å²) in [4.78, 5) is 36.4. The number of rotatable bonds is 4. The van der Waals surface area contributed by atoms with Crippen molar-refractivity contribution in [2.75, 3.05) is 6.61 Å². The fraction of sp³-hybridized carbons (Fsp3) is 0.720. The van der Waals surface area contributed by atoms with Crippen molar-refractivity contribution >= 4 is 17.5 Å². The number of esters is 1. The smallest absolute Gasteiger partial charge is 0.303 e. The molecule has 2 unspecified atom stereocenters. The first-order chi connectivity index (χ1) is 13.7. The lowest BCUT2D eigenvalue weighted by atomic mass is 9.51. The van der Waals surface area contributed by atoms with E-state index in [1.807, 2.05) is 6.08 Å². The van der Waals surface area contributed by atoms with E-state index in [2.05, 4.69) is 26.8 Å². The van der Waals surface area contributed by atoms with Crippen LogP contribution in [0.1, 0.15) is 72.6 Å². The minimum atomic E-state index is -0.386. The monoisotopic (exact) mass is 398 g/mol. The number of fused-ring (bicyclic) bond motifs is 5. The highest BCUT2D eigenvalue weighted by molar-refractivity contribution is 5.92. The second-order valence-electron chi connectivity index (χ2n) is 10.2. The number of allylic oxidation sites excluding steroid dienone is 4. The normalized spacial score (nSPS) is 40.9. The van der Waals surface area contributed by atoms with E-state index in [0.29, 0.717) is 24.2 Å². The zero-order valence-electron chi connectivity index (χ0n) is 18.3. The molecule has 0 N–H and O–H groups in total. The Balaban J connectivity index is 1.67. The van der Waals surface area contributed by atoms with E-state index in [4.69, 9.17) is 4.74 Å². The van der Waals surface area contributed by atoms with Crippen LogP contribution in [0.4, 0.5) is 0 Å². The van der Waals surface area contributed by atoms with Gasteiger partial charge in [0.15, 0.2) is 11.6 Å². The molecule has 4 heteroatoms. The van der Waals surface area contributed by atoms with E-state index in [1.54, 1.807) is 0 Å². The second-order valence-corrected chi connectivity index (χ2v) is 10.2. The number of ketones is 2. The molecule has 0 saturated heterocycles. The summed E-state index contributed by atoms with van der Waals surface area (Å²) in [6, 6.07) is 0. The lowest BCUT2D eigenvalue weighted by Crippen LogP contribution is -2.46. The highest BCUT2D eigenvalue weighted by Crippen LogP contribution is 2.66. The van der Waals surface area contributed by atoms with E-state index in [-0.39, 0.29) is 40.9 Å². The summed E-state index contributed by atoms with van der Waals surface area (Å²) in [6.45, 7) is 8.09. The molecule has 6 atom stereocenters. The molecule has 4 nitrogen and oxygen atoms in total. The van der Waals surface area contributed by atoms with Crippen LogP contribution < -0.4 is 0 Å². The summed E-state index contributed by atoms with van der Waals surface area (Å²) in [5.74, 6) is 1.31. The highest BCUT2D eigenvalue weighted by atomic mass is 16.5. The summed E-state index contributed by atoms with van der Waals surface area (Å²) in [7, 11) is 0. The largest absolute Gasteiger partial charge is 0.458 e. The second kappa shape index (κ2) is 7.21. The van der Waals surface area contributed by atoms with E-state index >= 15 is 0 Å². The standard InChI is InChI=1S/C25H34O4/c1-5-16-12-21-19-7-6-17-13-18(27)8-10-24(17,3)20(19)9-11-25(21,4)23(16)22(28)14-29-15(2)26/h9,13,16,19,21,23H,5-8,10-12,14H2,1-4H3/t16-,19?,21?,23-,24+,25+/m1/s1. The first kappa shape index (κ1) is 20.6. The van der Waals surface area contributed by atoms with Gasteiger partial charge in [-0.3, -0.25) is 14.4 Å². The molecular formula is C25H34O4. The lowest BCUT2D eigenvalue weighted by Gasteiger charge is -2.53. The molecule has 4 aliphatic rings. The fourth-order valence-corrected chi connectivity index (χ4v) is 7.34. The third kappa shape index (κ3) is 3.14. The van der Waals surface area contributed by atoms with Crippen molar-refractivity contribution in [3.05, 3.63) is 23.3 Å². The molecular weight excluding hydrogens is 364 g/mol. The Morgan fingerprint density at radius 3 is 2.69 bits per heavy atom. The third-order valence-electron chi connectivity index (χ3n) is 8.80.